The predicted octanol–water partition coefficient (Wildman–Crippen LogP) is 3.56. The minimum absolute atomic E-state index is 0.394. The summed E-state index contributed by atoms with van der Waals surface area (Å²) in [5.74, 6) is 0.768. The molecule has 3 atom stereocenters. The fraction of sp³-hybridized carbons (Fsp3) is 0.667. The monoisotopic (exact) mass is 232 g/mol. The lowest BCUT2D eigenvalue weighted by molar-refractivity contribution is 0.356. The van der Waals surface area contributed by atoms with E-state index in [4.69, 9.17) is 0 Å². The van der Waals surface area contributed by atoms with E-state index >= 15 is 0 Å². The number of hydrogen-bond acceptors (Lipinski definition) is 2. The average Bonchev–Trinajstić information content (AvgIpc) is 2.53. The van der Waals surface area contributed by atoms with Gasteiger partial charge in [0.05, 0.1) is 0 Å². The molecule has 2 unspecified atom stereocenters. The summed E-state index contributed by atoms with van der Waals surface area (Å²) in [6.45, 7) is 9.34. The summed E-state index contributed by atoms with van der Waals surface area (Å²) in [5.41, 5.74) is 1.77. The van der Waals surface area contributed by atoms with E-state index < -0.39 is 0 Å². The van der Waals surface area contributed by atoms with Gasteiger partial charge in [-0.2, -0.15) is 0 Å². The van der Waals surface area contributed by atoms with Gasteiger partial charge >= 0.3 is 0 Å². The van der Waals surface area contributed by atoms with Crippen molar-refractivity contribution in [1.82, 2.24) is 10.3 Å². The number of nitrogens with one attached hydrogen (secondary N) is 1. The molecule has 0 aromatic carbocycles. The van der Waals surface area contributed by atoms with Crippen LogP contribution in [-0.4, -0.2) is 11.0 Å². The molecular formula is C15H24N2. The topological polar surface area (TPSA) is 24.9 Å². The van der Waals surface area contributed by atoms with Gasteiger partial charge in [0.2, 0.25) is 0 Å². The Balaban J connectivity index is 1.98. The maximum Gasteiger partial charge on any atom is 0.0315 e. The van der Waals surface area contributed by atoms with Gasteiger partial charge in [-0.05, 0) is 42.7 Å². The van der Waals surface area contributed by atoms with Gasteiger partial charge < -0.3 is 5.32 Å². The molecule has 1 saturated carbocycles. The molecule has 0 saturated heterocycles. The van der Waals surface area contributed by atoms with Crippen molar-refractivity contribution < 1.29 is 0 Å². The molecular weight excluding hydrogens is 208 g/mol. The van der Waals surface area contributed by atoms with Gasteiger partial charge in [-0.15, -0.1) is 0 Å². The Labute approximate surface area is 105 Å². The Morgan fingerprint density at radius 1 is 1.41 bits per heavy atom. The largest absolute Gasteiger partial charge is 0.307 e. The zero-order valence-electron chi connectivity index (χ0n) is 11.4. The van der Waals surface area contributed by atoms with Crippen LogP contribution in [-0.2, 0) is 0 Å². The summed E-state index contributed by atoms with van der Waals surface area (Å²) in [4.78, 5) is 4.19. The molecule has 94 valence electrons. The number of aromatic nitrogens is 1. The zero-order valence-corrected chi connectivity index (χ0v) is 11.4. The van der Waals surface area contributed by atoms with Gasteiger partial charge in [0.15, 0.2) is 0 Å². The first-order valence-corrected chi connectivity index (χ1v) is 6.64. The van der Waals surface area contributed by atoms with E-state index in [0.29, 0.717) is 17.5 Å². The zero-order chi connectivity index (χ0) is 12.5. The number of hydrogen-bond donors (Lipinski definition) is 1. The molecule has 0 aliphatic heterocycles. The normalized spacial score (nSPS) is 29.2. The van der Waals surface area contributed by atoms with E-state index in [9.17, 15) is 0 Å². The van der Waals surface area contributed by atoms with Gasteiger partial charge in [-0.25, -0.2) is 0 Å². The first-order chi connectivity index (χ1) is 7.98. The quantitative estimate of drug-likeness (QED) is 0.862. The second kappa shape index (κ2) is 4.77. The van der Waals surface area contributed by atoms with Crippen LogP contribution in [0.4, 0.5) is 0 Å². The second-order valence-electron chi connectivity index (χ2n) is 6.33. The SMILES string of the molecule is CC1CC(C)(C)CC1N[C@@H](C)c1cccnc1. The highest BCUT2D eigenvalue weighted by atomic mass is 15.0. The van der Waals surface area contributed by atoms with Crippen molar-refractivity contribution in [3.8, 4) is 0 Å². The van der Waals surface area contributed by atoms with E-state index in [1.807, 2.05) is 18.5 Å². The molecule has 0 amide bonds. The summed E-state index contributed by atoms with van der Waals surface area (Å²) in [6, 6.07) is 5.19. The van der Waals surface area contributed by atoms with Crippen LogP contribution in [0.15, 0.2) is 24.5 Å². The molecule has 17 heavy (non-hydrogen) atoms. The molecule has 1 aliphatic carbocycles. The van der Waals surface area contributed by atoms with E-state index in [1.54, 1.807) is 0 Å². The Hall–Kier alpha value is -0.890. The summed E-state index contributed by atoms with van der Waals surface area (Å²) in [7, 11) is 0. The molecule has 0 spiro atoms. The third kappa shape index (κ3) is 3.06. The van der Waals surface area contributed by atoms with E-state index in [0.717, 1.165) is 5.92 Å². The number of rotatable bonds is 3. The van der Waals surface area contributed by atoms with Crippen molar-refractivity contribution in [3.63, 3.8) is 0 Å². The van der Waals surface area contributed by atoms with Gasteiger partial charge in [-0.1, -0.05) is 26.8 Å². The predicted molar refractivity (Wildman–Crippen MR) is 71.8 cm³/mol. The van der Waals surface area contributed by atoms with Crippen LogP contribution in [0, 0.1) is 11.3 Å². The van der Waals surface area contributed by atoms with Gasteiger partial charge in [0.1, 0.15) is 0 Å². The summed E-state index contributed by atoms with van der Waals surface area (Å²) < 4.78 is 0. The van der Waals surface area contributed by atoms with Gasteiger partial charge in [0, 0.05) is 24.5 Å². The van der Waals surface area contributed by atoms with Crippen LogP contribution in [0.2, 0.25) is 0 Å². The highest BCUT2D eigenvalue weighted by Gasteiger charge is 2.36. The third-order valence-corrected chi connectivity index (χ3v) is 3.98. The van der Waals surface area contributed by atoms with Crippen LogP contribution in [0.3, 0.4) is 0 Å². The van der Waals surface area contributed by atoms with Crippen LogP contribution in [0.5, 0.6) is 0 Å². The second-order valence-corrected chi connectivity index (χ2v) is 6.33. The molecule has 1 aromatic rings. The fourth-order valence-corrected chi connectivity index (χ4v) is 3.17. The Morgan fingerprint density at radius 2 is 2.18 bits per heavy atom. The lowest BCUT2D eigenvalue weighted by Gasteiger charge is -2.23. The fourth-order valence-electron chi connectivity index (χ4n) is 3.17. The first kappa shape index (κ1) is 12.6. The molecule has 0 bridgehead atoms. The Morgan fingerprint density at radius 3 is 2.71 bits per heavy atom. The van der Waals surface area contributed by atoms with E-state index in [-0.39, 0.29) is 0 Å². The van der Waals surface area contributed by atoms with Gasteiger partial charge in [0.25, 0.3) is 0 Å². The Kier molecular flexibility index (Phi) is 3.53. The highest BCUT2D eigenvalue weighted by Crippen LogP contribution is 2.41. The van der Waals surface area contributed by atoms with Crippen molar-refractivity contribution in [1.29, 1.82) is 0 Å². The minimum Gasteiger partial charge on any atom is -0.307 e. The molecule has 1 N–H and O–H groups in total. The third-order valence-electron chi connectivity index (χ3n) is 3.98. The first-order valence-electron chi connectivity index (χ1n) is 6.64. The average molecular weight is 232 g/mol. The Bertz CT molecular complexity index is 358. The molecule has 1 aliphatic rings. The lowest BCUT2D eigenvalue weighted by Crippen LogP contribution is -2.33. The summed E-state index contributed by atoms with van der Waals surface area (Å²) >= 11 is 0. The molecule has 2 heteroatoms. The van der Waals surface area contributed by atoms with Crippen molar-refractivity contribution in [3.05, 3.63) is 30.1 Å². The number of nitrogens with zero attached hydrogens (tertiary/aromatic N) is 1. The number of pyridine rings is 1. The van der Waals surface area contributed by atoms with Crippen molar-refractivity contribution in [2.24, 2.45) is 11.3 Å². The molecule has 2 rings (SSSR count). The van der Waals surface area contributed by atoms with Crippen LogP contribution in [0.25, 0.3) is 0 Å². The molecule has 1 fully saturated rings. The molecule has 1 heterocycles. The molecule has 2 nitrogen and oxygen atoms in total. The van der Waals surface area contributed by atoms with Crippen LogP contribution < -0.4 is 5.32 Å². The molecule has 1 aromatic heterocycles. The summed E-state index contributed by atoms with van der Waals surface area (Å²) in [5, 5.41) is 3.76. The van der Waals surface area contributed by atoms with Crippen molar-refractivity contribution in [2.75, 3.05) is 0 Å². The smallest absolute Gasteiger partial charge is 0.0315 e. The standard InChI is InChI=1S/C15H24N2/c1-11-8-15(3,4)9-14(11)17-12(2)13-6-5-7-16-10-13/h5-7,10-12,14,17H,8-9H2,1-4H3/t11?,12-,14?/m0/s1. The molecule has 0 radical (unpaired) electrons. The minimum atomic E-state index is 0.394. The summed E-state index contributed by atoms with van der Waals surface area (Å²) in [6.07, 6.45) is 6.39. The van der Waals surface area contributed by atoms with Crippen molar-refractivity contribution >= 4 is 0 Å². The van der Waals surface area contributed by atoms with Crippen LogP contribution >= 0.6 is 0 Å². The highest BCUT2D eigenvalue weighted by molar-refractivity contribution is 5.13. The van der Waals surface area contributed by atoms with Gasteiger partial charge in [-0.3, -0.25) is 4.98 Å². The lowest BCUT2D eigenvalue weighted by atomic mass is 9.91. The van der Waals surface area contributed by atoms with E-state index in [1.165, 1.54) is 18.4 Å². The maximum absolute atomic E-state index is 4.19. The van der Waals surface area contributed by atoms with E-state index in [2.05, 4.69) is 44.1 Å². The maximum atomic E-state index is 4.19. The van der Waals surface area contributed by atoms with Crippen molar-refractivity contribution in [2.45, 2.75) is 52.6 Å². The van der Waals surface area contributed by atoms with Crippen LogP contribution in [0.1, 0.15) is 52.1 Å².